The molecule has 0 radical (unpaired) electrons. The van der Waals surface area contributed by atoms with Crippen molar-refractivity contribution in [3.8, 4) is 5.75 Å². The highest BCUT2D eigenvalue weighted by atomic mass is 19.1. The lowest BCUT2D eigenvalue weighted by Crippen LogP contribution is -2.39. The van der Waals surface area contributed by atoms with Crippen molar-refractivity contribution in [3.63, 3.8) is 0 Å². The molecule has 0 aliphatic carbocycles. The molecular formula is C20H21FN2O3. The first-order valence-electron chi connectivity index (χ1n) is 8.55. The molecule has 1 fully saturated rings. The molecule has 1 N–H and O–H groups in total. The van der Waals surface area contributed by atoms with E-state index in [0.29, 0.717) is 12.1 Å². The van der Waals surface area contributed by atoms with Gasteiger partial charge in [0.15, 0.2) is 0 Å². The molecular weight excluding hydrogens is 335 g/mol. The van der Waals surface area contributed by atoms with Crippen LogP contribution < -0.4 is 10.1 Å². The maximum atomic E-state index is 12.9. The molecule has 0 saturated carbocycles. The van der Waals surface area contributed by atoms with Gasteiger partial charge in [-0.1, -0.05) is 12.1 Å². The number of carbonyl (C=O) groups excluding carboxylic acids is 2. The monoisotopic (exact) mass is 356 g/mol. The van der Waals surface area contributed by atoms with Crippen molar-refractivity contribution in [3.05, 3.63) is 65.5 Å². The summed E-state index contributed by atoms with van der Waals surface area (Å²) in [6, 6.07) is 12.9. The number of benzene rings is 2. The average Bonchev–Trinajstić information content (AvgIpc) is 3.16. The number of halogens is 1. The minimum Gasteiger partial charge on any atom is -0.497 e. The minimum atomic E-state index is -0.406. The molecule has 1 atom stereocenters. The maximum absolute atomic E-state index is 12.9. The zero-order valence-corrected chi connectivity index (χ0v) is 14.6. The standard InChI is InChI=1S/C20H21FN2O3/c1-26-17-10-6-14(7-11-17)18-3-2-12-23(18)19(24)13-22-20(25)15-4-8-16(21)9-5-15/h4-11,18H,2-3,12-13H2,1H3,(H,22,25)/t18-/m1/s1. The summed E-state index contributed by atoms with van der Waals surface area (Å²) >= 11 is 0. The highest BCUT2D eigenvalue weighted by Crippen LogP contribution is 2.32. The number of likely N-dealkylation sites (tertiary alicyclic amines) is 1. The van der Waals surface area contributed by atoms with Crippen molar-refractivity contribution in [2.24, 2.45) is 0 Å². The third kappa shape index (κ3) is 4.02. The van der Waals surface area contributed by atoms with Gasteiger partial charge in [-0.05, 0) is 54.8 Å². The fraction of sp³-hybridized carbons (Fsp3) is 0.300. The van der Waals surface area contributed by atoms with Crippen molar-refractivity contribution in [1.82, 2.24) is 10.2 Å². The first kappa shape index (κ1) is 17.9. The van der Waals surface area contributed by atoms with Crippen LogP contribution in [0.5, 0.6) is 5.75 Å². The van der Waals surface area contributed by atoms with Gasteiger partial charge in [0.1, 0.15) is 11.6 Å². The molecule has 2 aromatic carbocycles. The summed E-state index contributed by atoms with van der Waals surface area (Å²) in [5, 5.41) is 2.61. The number of methoxy groups -OCH3 is 1. The predicted octanol–water partition coefficient (Wildman–Crippen LogP) is 2.93. The number of ether oxygens (including phenoxy) is 1. The highest BCUT2D eigenvalue weighted by Gasteiger charge is 2.29. The van der Waals surface area contributed by atoms with Gasteiger partial charge in [-0.25, -0.2) is 4.39 Å². The molecule has 136 valence electrons. The number of rotatable bonds is 5. The van der Waals surface area contributed by atoms with E-state index >= 15 is 0 Å². The summed E-state index contributed by atoms with van der Waals surface area (Å²) in [4.78, 5) is 26.4. The molecule has 3 rings (SSSR count). The highest BCUT2D eigenvalue weighted by molar-refractivity contribution is 5.96. The molecule has 1 heterocycles. The Morgan fingerprint density at radius 1 is 1.15 bits per heavy atom. The SMILES string of the molecule is COc1ccc([C@H]2CCCN2C(=O)CNC(=O)c2ccc(F)cc2)cc1. The molecule has 0 unspecified atom stereocenters. The van der Waals surface area contributed by atoms with Gasteiger partial charge in [-0.2, -0.15) is 0 Å². The molecule has 5 nitrogen and oxygen atoms in total. The van der Waals surface area contributed by atoms with Crippen LogP contribution in [0.15, 0.2) is 48.5 Å². The summed E-state index contributed by atoms with van der Waals surface area (Å²) in [5.74, 6) is -0.148. The van der Waals surface area contributed by atoms with Crippen LogP contribution in [0.25, 0.3) is 0 Å². The van der Waals surface area contributed by atoms with E-state index in [1.54, 1.807) is 12.0 Å². The van der Waals surface area contributed by atoms with E-state index in [1.165, 1.54) is 24.3 Å². The van der Waals surface area contributed by atoms with Crippen LogP contribution in [0.4, 0.5) is 4.39 Å². The van der Waals surface area contributed by atoms with Crippen molar-refractivity contribution < 1.29 is 18.7 Å². The largest absolute Gasteiger partial charge is 0.497 e. The van der Waals surface area contributed by atoms with Crippen LogP contribution in [0.1, 0.15) is 34.8 Å². The molecule has 1 aliphatic rings. The first-order valence-corrected chi connectivity index (χ1v) is 8.55. The minimum absolute atomic E-state index is 0.0103. The van der Waals surface area contributed by atoms with Gasteiger partial charge in [-0.3, -0.25) is 9.59 Å². The molecule has 0 aromatic heterocycles. The van der Waals surface area contributed by atoms with E-state index in [2.05, 4.69) is 5.32 Å². The van der Waals surface area contributed by atoms with Gasteiger partial charge >= 0.3 is 0 Å². The molecule has 0 bridgehead atoms. The second-order valence-electron chi connectivity index (χ2n) is 6.21. The fourth-order valence-electron chi connectivity index (χ4n) is 3.20. The Morgan fingerprint density at radius 3 is 2.50 bits per heavy atom. The molecule has 1 aliphatic heterocycles. The van der Waals surface area contributed by atoms with Gasteiger partial charge < -0.3 is 15.0 Å². The topological polar surface area (TPSA) is 58.6 Å². The zero-order valence-electron chi connectivity index (χ0n) is 14.6. The Labute approximate surface area is 151 Å². The van der Waals surface area contributed by atoms with Crippen molar-refractivity contribution in [1.29, 1.82) is 0 Å². The first-order chi connectivity index (χ1) is 12.6. The van der Waals surface area contributed by atoms with Gasteiger partial charge in [0.2, 0.25) is 5.91 Å². The zero-order chi connectivity index (χ0) is 18.5. The summed E-state index contributed by atoms with van der Waals surface area (Å²) in [6.07, 6.45) is 1.82. The second-order valence-corrected chi connectivity index (χ2v) is 6.21. The van der Waals surface area contributed by atoms with E-state index in [9.17, 15) is 14.0 Å². The van der Waals surface area contributed by atoms with Crippen molar-refractivity contribution in [2.75, 3.05) is 20.2 Å². The Balaban J connectivity index is 1.61. The van der Waals surface area contributed by atoms with Crippen LogP contribution in [0, 0.1) is 5.82 Å². The number of amides is 2. The number of nitrogens with one attached hydrogen (secondary N) is 1. The summed E-state index contributed by atoms with van der Waals surface area (Å²) in [5.41, 5.74) is 1.38. The lowest BCUT2D eigenvalue weighted by atomic mass is 10.0. The smallest absolute Gasteiger partial charge is 0.251 e. The third-order valence-electron chi connectivity index (χ3n) is 4.58. The molecule has 1 saturated heterocycles. The quantitative estimate of drug-likeness (QED) is 0.896. The van der Waals surface area contributed by atoms with Gasteiger partial charge in [-0.15, -0.1) is 0 Å². The lowest BCUT2D eigenvalue weighted by molar-refractivity contribution is -0.131. The Bertz CT molecular complexity index is 775. The fourth-order valence-corrected chi connectivity index (χ4v) is 3.20. The van der Waals surface area contributed by atoms with E-state index < -0.39 is 11.7 Å². The predicted molar refractivity (Wildman–Crippen MR) is 95.4 cm³/mol. The Hall–Kier alpha value is -2.89. The normalized spacial score (nSPS) is 16.4. The van der Waals surface area contributed by atoms with E-state index in [0.717, 1.165) is 24.2 Å². The lowest BCUT2D eigenvalue weighted by Gasteiger charge is -2.25. The molecule has 26 heavy (non-hydrogen) atoms. The number of hydrogen-bond donors (Lipinski definition) is 1. The second kappa shape index (κ2) is 7.99. The molecule has 0 spiro atoms. The molecule has 2 amide bonds. The van der Waals surface area contributed by atoms with Gasteiger partial charge in [0, 0.05) is 12.1 Å². The van der Waals surface area contributed by atoms with E-state index in [4.69, 9.17) is 4.74 Å². The molecule has 6 heteroatoms. The Morgan fingerprint density at radius 2 is 1.85 bits per heavy atom. The Kier molecular flexibility index (Phi) is 5.51. The number of carbonyl (C=O) groups is 2. The van der Waals surface area contributed by atoms with Gasteiger partial charge in [0.05, 0.1) is 19.7 Å². The number of hydrogen-bond acceptors (Lipinski definition) is 3. The van der Waals surface area contributed by atoms with Crippen LogP contribution in [-0.4, -0.2) is 36.9 Å². The van der Waals surface area contributed by atoms with Gasteiger partial charge in [0.25, 0.3) is 5.91 Å². The number of nitrogens with zero attached hydrogens (tertiary/aromatic N) is 1. The van der Waals surface area contributed by atoms with Crippen LogP contribution in [0.3, 0.4) is 0 Å². The van der Waals surface area contributed by atoms with E-state index in [-0.39, 0.29) is 18.5 Å². The third-order valence-corrected chi connectivity index (χ3v) is 4.58. The molecule has 2 aromatic rings. The summed E-state index contributed by atoms with van der Waals surface area (Å²) in [7, 11) is 1.62. The van der Waals surface area contributed by atoms with Crippen LogP contribution in [-0.2, 0) is 4.79 Å². The van der Waals surface area contributed by atoms with Crippen molar-refractivity contribution >= 4 is 11.8 Å². The average molecular weight is 356 g/mol. The van der Waals surface area contributed by atoms with Crippen molar-refractivity contribution in [2.45, 2.75) is 18.9 Å². The summed E-state index contributed by atoms with van der Waals surface area (Å²) < 4.78 is 18.1. The maximum Gasteiger partial charge on any atom is 0.251 e. The summed E-state index contributed by atoms with van der Waals surface area (Å²) in [6.45, 7) is 0.588. The van der Waals surface area contributed by atoms with E-state index in [1.807, 2.05) is 24.3 Å². The van der Waals surface area contributed by atoms with Crippen LogP contribution in [0.2, 0.25) is 0 Å². The van der Waals surface area contributed by atoms with Crippen LogP contribution >= 0.6 is 0 Å².